The smallest absolute Gasteiger partial charge is 0.249 e. The van der Waals surface area contributed by atoms with E-state index in [1.165, 1.54) is 5.56 Å². The van der Waals surface area contributed by atoms with Gasteiger partial charge < -0.3 is 14.2 Å². The summed E-state index contributed by atoms with van der Waals surface area (Å²) >= 11 is 0. The molecular weight excluding hydrogens is 334 g/mol. The number of rotatable bonds is 5. The lowest BCUT2D eigenvalue weighted by Crippen LogP contribution is -2.51. The van der Waals surface area contributed by atoms with Crippen LogP contribution in [0.4, 0.5) is 0 Å². The van der Waals surface area contributed by atoms with Gasteiger partial charge in [-0.3, -0.25) is 10.1 Å². The number of hydrogen-bond donors (Lipinski definition) is 0. The molecule has 0 saturated carbocycles. The van der Waals surface area contributed by atoms with Gasteiger partial charge >= 0.3 is 0 Å². The van der Waals surface area contributed by atoms with Gasteiger partial charge in [0.15, 0.2) is 11.5 Å². The Morgan fingerprint density at radius 2 is 1.88 bits per heavy atom. The van der Waals surface area contributed by atoms with E-state index < -0.39 is 5.54 Å². The van der Waals surface area contributed by atoms with Gasteiger partial charge in [-0.1, -0.05) is 36.4 Å². The van der Waals surface area contributed by atoms with Crippen LogP contribution in [0.5, 0.6) is 11.5 Å². The lowest BCUT2D eigenvalue weighted by atomic mass is 9.79. The minimum absolute atomic E-state index is 0.130. The maximum absolute atomic E-state index is 12.0. The molecule has 0 aromatic heterocycles. The molecule has 2 aliphatic heterocycles. The Morgan fingerprint density at radius 3 is 2.69 bits per heavy atom. The molecule has 6 heteroatoms. The molecule has 2 heterocycles. The van der Waals surface area contributed by atoms with Gasteiger partial charge in [0.1, 0.15) is 6.61 Å². The van der Waals surface area contributed by atoms with Crippen molar-refractivity contribution in [2.24, 2.45) is 5.92 Å². The molecule has 4 rings (SSSR count). The van der Waals surface area contributed by atoms with E-state index in [0.29, 0.717) is 30.9 Å². The summed E-state index contributed by atoms with van der Waals surface area (Å²) in [4.78, 5) is 11.8. The summed E-state index contributed by atoms with van der Waals surface area (Å²) in [6.07, 6.45) is 1.61. The van der Waals surface area contributed by atoms with Crippen LogP contribution in [0.1, 0.15) is 17.5 Å². The van der Waals surface area contributed by atoms with Crippen molar-refractivity contribution in [3.8, 4) is 11.5 Å². The zero-order valence-electron chi connectivity index (χ0n) is 14.4. The van der Waals surface area contributed by atoms with E-state index in [0.717, 1.165) is 12.0 Å². The molecule has 0 N–H and O–H groups in total. The van der Waals surface area contributed by atoms with Crippen molar-refractivity contribution in [1.82, 2.24) is 0 Å². The Balaban J connectivity index is 1.53. The molecule has 1 saturated heterocycles. The van der Waals surface area contributed by atoms with Gasteiger partial charge in [-0.2, -0.15) is 0 Å². The number of fused-ring (bicyclic) bond motifs is 1. The van der Waals surface area contributed by atoms with Gasteiger partial charge in [0.05, 0.1) is 6.61 Å². The fourth-order valence-electron chi connectivity index (χ4n) is 3.90. The van der Waals surface area contributed by atoms with Crippen LogP contribution in [0.2, 0.25) is 0 Å². The largest absolute Gasteiger partial charge is 0.454 e. The average molecular weight is 355 g/mol. The monoisotopic (exact) mass is 355 g/mol. The minimum Gasteiger partial charge on any atom is -0.454 e. The fourth-order valence-corrected chi connectivity index (χ4v) is 3.90. The predicted molar refractivity (Wildman–Crippen MR) is 95.1 cm³/mol. The molecule has 0 radical (unpaired) electrons. The van der Waals surface area contributed by atoms with Crippen LogP contribution in [0, 0.1) is 16.0 Å². The molecule has 2 unspecified atom stereocenters. The van der Waals surface area contributed by atoms with Crippen molar-refractivity contribution in [3.05, 3.63) is 69.8 Å². The molecule has 6 nitrogen and oxygen atoms in total. The third kappa shape index (κ3) is 3.37. The van der Waals surface area contributed by atoms with Crippen molar-refractivity contribution in [2.45, 2.75) is 24.8 Å². The maximum atomic E-state index is 12.0. The molecular formula is C20H21NO5. The van der Waals surface area contributed by atoms with Crippen molar-refractivity contribution in [1.29, 1.82) is 0 Å². The third-order valence-corrected chi connectivity index (χ3v) is 5.12. The third-order valence-electron chi connectivity index (χ3n) is 5.12. The zero-order chi connectivity index (χ0) is 18.0. The second kappa shape index (κ2) is 6.96. The number of ether oxygens (including phenoxy) is 3. The van der Waals surface area contributed by atoms with Crippen LogP contribution in [-0.4, -0.2) is 30.5 Å². The predicted octanol–water partition coefficient (Wildman–Crippen LogP) is 3.25. The van der Waals surface area contributed by atoms with Crippen molar-refractivity contribution >= 4 is 0 Å². The molecule has 1 fully saturated rings. The minimum atomic E-state index is -1.11. The first kappa shape index (κ1) is 16.8. The Labute approximate surface area is 151 Å². The van der Waals surface area contributed by atoms with E-state index in [9.17, 15) is 10.1 Å². The lowest BCUT2D eigenvalue weighted by Gasteiger charge is -2.34. The van der Waals surface area contributed by atoms with Crippen molar-refractivity contribution in [3.63, 3.8) is 0 Å². The molecule has 2 aromatic carbocycles. The van der Waals surface area contributed by atoms with Gasteiger partial charge in [-0.15, -0.1) is 0 Å². The molecule has 2 aromatic rings. The Hall–Kier alpha value is -2.60. The Bertz CT molecular complexity index is 794. The van der Waals surface area contributed by atoms with Crippen LogP contribution in [-0.2, 0) is 17.6 Å². The molecule has 26 heavy (non-hydrogen) atoms. The lowest BCUT2D eigenvalue weighted by molar-refractivity contribution is -0.581. The topological polar surface area (TPSA) is 70.8 Å². The quantitative estimate of drug-likeness (QED) is 0.608. The van der Waals surface area contributed by atoms with Gasteiger partial charge in [-0.25, -0.2) is 0 Å². The first-order valence-corrected chi connectivity index (χ1v) is 8.79. The van der Waals surface area contributed by atoms with Crippen LogP contribution >= 0.6 is 0 Å². The van der Waals surface area contributed by atoms with E-state index in [4.69, 9.17) is 14.2 Å². The van der Waals surface area contributed by atoms with Gasteiger partial charge in [0, 0.05) is 17.8 Å². The Kier molecular flexibility index (Phi) is 4.51. The van der Waals surface area contributed by atoms with Crippen molar-refractivity contribution in [2.75, 3.05) is 20.0 Å². The second-order valence-corrected chi connectivity index (χ2v) is 7.12. The average Bonchev–Trinajstić information content (AvgIpc) is 3.10. The number of nitrogens with zero attached hydrogens (tertiary/aromatic N) is 1. The number of benzene rings is 2. The summed E-state index contributed by atoms with van der Waals surface area (Å²) in [5.41, 5.74) is 0.948. The highest BCUT2D eigenvalue weighted by molar-refractivity contribution is 5.44. The van der Waals surface area contributed by atoms with Crippen molar-refractivity contribution < 1.29 is 19.1 Å². The van der Waals surface area contributed by atoms with Gasteiger partial charge in [-0.05, 0) is 35.6 Å². The summed E-state index contributed by atoms with van der Waals surface area (Å²) in [5, 5.41) is 12.0. The van der Waals surface area contributed by atoms with Gasteiger partial charge in [0.25, 0.3) is 0 Å². The maximum Gasteiger partial charge on any atom is 0.249 e. The highest BCUT2D eigenvalue weighted by atomic mass is 16.7. The summed E-state index contributed by atoms with van der Waals surface area (Å²) < 4.78 is 16.4. The Morgan fingerprint density at radius 1 is 1.08 bits per heavy atom. The molecule has 2 atom stereocenters. The van der Waals surface area contributed by atoms with E-state index in [1.54, 1.807) is 0 Å². The number of hydrogen-bond acceptors (Lipinski definition) is 5. The van der Waals surface area contributed by atoms with E-state index >= 15 is 0 Å². The first-order valence-electron chi connectivity index (χ1n) is 8.79. The highest BCUT2D eigenvalue weighted by Gasteiger charge is 2.48. The SMILES string of the molecule is O=[N+]([O-])C1(Cc2ccc3c(c2)OCO3)COCC(Cc2ccccc2)C1. The van der Waals surface area contributed by atoms with E-state index in [2.05, 4.69) is 12.1 Å². The fraction of sp³-hybridized carbons (Fsp3) is 0.400. The van der Waals surface area contributed by atoms with E-state index in [1.807, 2.05) is 36.4 Å². The van der Waals surface area contributed by atoms with Crippen LogP contribution in [0.15, 0.2) is 48.5 Å². The number of nitro groups is 1. The summed E-state index contributed by atoms with van der Waals surface area (Å²) in [6.45, 7) is 0.896. The molecule has 0 spiro atoms. The summed E-state index contributed by atoms with van der Waals surface area (Å²) in [5.74, 6) is 1.47. The highest BCUT2D eigenvalue weighted by Crippen LogP contribution is 2.36. The second-order valence-electron chi connectivity index (χ2n) is 7.12. The molecule has 0 bridgehead atoms. The van der Waals surface area contributed by atoms with Crippen LogP contribution in [0.3, 0.4) is 0 Å². The van der Waals surface area contributed by atoms with Crippen LogP contribution < -0.4 is 9.47 Å². The molecule has 0 aliphatic carbocycles. The molecule has 136 valence electrons. The standard InChI is InChI=1S/C20H21NO5/c22-21(23)20(10-16-6-7-18-19(9-16)26-14-25-18)11-17(12-24-13-20)8-15-4-2-1-3-5-15/h1-7,9,17H,8,10-14H2. The van der Waals surface area contributed by atoms with Gasteiger partial charge in [0.2, 0.25) is 12.3 Å². The molecule has 2 aliphatic rings. The summed E-state index contributed by atoms with van der Waals surface area (Å²) in [6, 6.07) is 15.6. The summed E-state index contributed by atoms with van der Waals surface area (Å²) in [7, 11) is 0. The first-order chi connectivity index (χ1) is 12.6. The van der Waals surface area contributed by atoms with E-state index in [-0.39, 0.29) is 24.2 Å². The zero-order valence-corrected chi connectivity index (χ0v) is 14.4. The van der Waals surface area contributed by atoms with Crippen LogP contribution in [0.25, 0.3) is 0 Å². The molecule has 0 amide bonds. The normalized spacial score (nSPS) is 24.4.